The van der Waals surface area contributed by atoms with Crippen molar-refractivity contribution in [3.05, 3.63) is 64.4 Å². The van der Waals surface area contributed by atoms with Crippen LogP contribution in [0.25, 0.3) is 20.8 Å². The van der Waals surface area contributed by atoms with Gasteiger partial charge in [0.15, 0.2) is 5.13 Å². The Balaban J connectivity index is 1.47. The van der Waals surface area contributed by atoms with E-state index in [1.54, 1.807) is 12.1 Å². The van der Waals surface area contributed by atoms with E-state index < -0.39 is 0 Å². The summed E-state index contributed by atoms with van der Waals surface area (Å²) < 4.78 is 14.1. The first-order chi connectivity index (χ1) is 13.0. The first-order valence-electron chi connectivity index (χ1n) is 8.36. The van der Waals surface area contributed by atoms with Gasteiger partial charge >= 0.3 is 0 Å². The first kappa shape index (κ1) is 17.8. The zero-order valence-electron chi connectivity index (χ0n) is 14.7. The third-order valence-corrected chi connectivity index (χ3v) is 5.92. The third kappa shape index (κ3) is 3.89. The molecule has 2 aromatic carbocycles. The quantitative estimate of drug-likeness (QED) is 0.505. The maximum Gasteiger partial charge on any atom is 0.232 e. The zero-order chi connectivity index (χ0) is 19.0. The van der Waals surface area contributed by atoms with Gasteiger partial charge in [-0.25, -0.2) is 14.4 Å². The standard InChI is InChI=1S/C20H16FN3OS2/c1-11-7-12(2)18-16(8-11)27-20(24-18)23-17(25)9-15-10-26-19(22-15)13-3-5-14(21)6-4-13/h3-8,10H,9H2,1-2H3,(H,23,24,25). The lowest BCUT2D eigenvalue weighted by atomic mass is 10.1. The van der Waals surface area contributed by atoms with Gasteiger partial charge in [0.05, 0.1) is 22.3 Å². The van der Waals surface area contributed by atoms with Gasteiger partial charge in [-0.1, -0.05) is 17.4 Å². The van der Waals surface area contributed by atoms with Gasteiger partial charge in [-0.15, -0.1) is 11.3 Å². The van der Waals surface area contributed by atoms with Crippen LogP contribution < -0.4 is 5.32 Å². The van der Waals surface area contributed by atoms with Gasteiger partial charge in [-0.05, 0) is 55.3 Å². The summed E-state index contributed by atoms with van der Waals surface area (Å²) in [5, 5.41) is 6.08. The van der Waals surface area contributed by atoms with Crippen molar-refractivity contribution < 1.29 is 9.18 Å². The Labute approximate surface area is 163 Å². The highest BCUT2D eigenvalue weighted by molar-refractivity contribution is 7.22. The molecule has 4 rings (SSSR count). The summed E-state index contributed by atoms with van der Waals surface area (Å²) in [6, 6.07) is 10.3. The Morgan fingerprint density at radius 3 is 2.70 bits per heavy atom. The molecule has 0 fully saturated rings. The average Bonchev–Trinajstić information content (AvgIpc) is 3.22. The van der Waals surface area contributed by atoms with Crippen LogP contribution in [0.1, 0.15) is 16.8 Å². The molecule has 4 nitrogen and oxygen atoms in total. The molecule has 2 heterocycles. The second kappa shape index (κ2) is 7.17. The maximum absolute atomic E-state index is 13.0. The van der Waals surface area contributed by atoms with E-state index in [1.165, 1.54) is 40.4 Å². The van der Waals surface area contributed by atoms with E-state index in [4.69, 9.17) is 0 Å². The monoisotopic (exact) mass is 397 g/mol. The van der Waals surface area contributed by atoms with Crippen molar-refractivity contribution in [2.45, 2.75) is 20.3 Å². The van der Waals surface area contributed by atoms with Crippen molar-refractivity contribution in [3.8, 4) is 10.6 Å². The summed E-state index contributed by atoms with van der Waals surface area (Å²) in [4.78, 5) is 21.4. The first-order valence-corrected chi connectivity index (χ1v) is 10.1. The van der Waals surface area contributed by atoms with Gasteiger partial charge < -0.3 is 5.32 Å². The van der Waals surface area contributed by atoms with Crippen molar-refractivity contribution >= 4 is 43.9 Å². The number of nitrogens with one attached hydrogen (secondary N) is 1. The van der Waals surface area contributed by atoms with Crippen LogP contribution in [0.5, 0.6) is 0 Å². The number of rotatable bonds is 4. The van der Waals surface area contributed by atoms with E-state index in [0.717, 1.165) is 26.4 Å². The summed E-state index contributed by atoms with van der Waals surface area (Å²) in [5.74, 6) is -0.435. The molecule has 0 atom stereocenters. The number of hydrogen-bond acceptors (Lipinski definition) is 5. The van der Waals surface area contributed by atoms with Gasteiger partial charge in [-0.3, -0.25) is 4.79 Å². The van der Waals surface area contributed by atoms with Crippen molar-refractivity contribution in [2.24, 2.45) is 0 Å². The van der Waals surface area contributed by atoms with Crippen LogP contribution >= 0.6 is 22.7 Å². The molecular formula is C20H16FN3OS2. The molecule has 0 aliphatic rings. The molecule has 7 heteroatoms. The number of benzene rings is 2. The minimum atomic E-state index is -0.281. The fraction of sp³-hybridized carbons (Fsp3) is 0.150. The molecule has 0 saturated heterocycles. The van der Waals surface area contributed by atoms with E-state index in [2.05, 4.69) is 27.4 Å². The van der Waals surface area contributed by atoms with Gasteiger partial charge in [0, 0.05) is 10.9 Å². The van der Waals surface area contributed by atoms with Crippen LogP contribution in [0.3, 0.4) is 0 Å². The SMILES string of the molecule is Cc1cc(C)c2nc(NC(=O)Cc3csc(-c4ccc(F)cc4)n3)sc2c1. The van der Waals surface area contributed by atoms with Crippen molar-refractivity contribution in [1.82, 2.24) is 9.97 Å². The Morgan fingerprint density at radius 1 is 1.15 bits per heavy atom. The summed E-state index contributed by atoms with van der Waals surface area (Å²) in [6.45, 7) is 4.07. The van der Waals surface area contributed by atoms with Crippen LogP contribution in [-0.2, 0) is 11.2 Å². The van der Waals surface area contributed by atoms with Crippen LogP contribution in [0, 0.1) is 19.7 Å². The molecule has 0 aliphatic heterocycles. The highest BCUT2D eigenvalue weighted by Crippen LogP contribution is 2.29. The predicted molar refractivity (Wildman–Crippen MR) is 109 cm³/mol. The van der Waals surface area contributed by atoms with Crippen LogP contribution in [0.15, 0.2) is 41.8 Å². The van der Waals surface area contributed by atoms with Gasteiger partial charge in [0.2, 0.25) is 5.91 Å². The lowest BCUT2D eigenvalue weighted by Gasteiger charge is -1.99. The number of anilines is 1. The summed E-state index contributed by atoms with van der Waals surface area (Å²) in [5.41, 5.74) is 4.73. The molecule has 0 aliphatic carbocycles. The number of thiazole rings is 2. The number of halogens is 1. The average molecular weight is 398 g/mol. The lowest BCUT2D eigenvalue weighted by Crippen LogP contribution is -2.14. The normalized spacial score (nSPS) is 11.1. The molecular weight excluding hydrogens is 381 g/mol. The fourth-order valence-corrected chi connectivity index (χ4v) is 4.75. The second-order valence-electron chi connectivity index (χ2n) is 6.32. The van der Waals surface area contributed by atoms with Gasteiger partial charge in [0.25, 0.3) is 0 Å². The Bertz CT molecular complexity index is 1130. The second-order valence-corrected chi connectivity index (χ2v) is 8.21. The van der Waals surface area contributed by atoms with Crippen molar-refractivity contribution in [3.63, 3.8) is 0 Å². The molecule has 27 heavy (non-hydrogen) atoms. The van der Waals surface area contributed by atoms with E-state index in [0.29, 0.717) is 10.8 Å². The topological polar surface area (TPSA) is 54.9 Å². The number of nitrogens with zero attached hydrogens (tertiary/aromatic N) is 2. The number of aromatic nitrogens is 2. The highest BCUT2D eigenvalue weighted by atomic mass is 32.1. The molecule has 1 amide bonds. The Hall–Kier alpha value is -2.64. The van der Waals surface area contributed by atoms with Crippen LogP contribution in [0.4, 0.5) is 9.52 Å². The molecule has 2 aromatic heterocycles. The zero-order valence-corrected chi connectivity index (χ0v) is 16.4. The van der Waals surface area contributed by atoms with Crippen molar-refractivity contribution in [1.29, 1.82) is 0 Å². The molecule has 0 saturated carbocycles. The van der Waals surface area contributed by atoms with E-state index >= 15 is 0 Å². The largest absolute Gasteiger partial charge is 0.302 e. The fourth-order valence-electron chi connectivity index (χ4n) is 2.87. The van der Waals surface area contributed by atoms with Crippen LogP contribution in [-0.4, -0.2) is 15.9 Å². The van der Waals surface area contributed by atoms with E-state index in [-0.39, 0.29) is 18.1 Å². The smallest absolute Gasteiger partial charge is 0.232 e. The molecule has 4 aromatic rings. The molecule has 1 N–H and O–H groups in total. The minimum Gasteiger partial charge on any atom is -0.302 e. The Kier molecular flexibility index (Phi) is 4.72. The molecule has 0 spiro atoms. The number of aryl methyl sites for hydroxylation is 2. The van der Waals surface area contributed by atoms with E-state index in [1.807, 2.05) is 19.2 Å². The van der Waals surface area contributed by atoms with Gasteiger partial charge in [-0.2, -0.15) is 0 Å². The van der Waals surface area contributed by atoms with Gasteiger partial charge in [0.1, 0.15) is 10.8 Å². The molecule has 136 valence electrons. The van der Waals surface area contributed by atoms with Crippen LogP contribution in [0.2, 0.25) is 0 Å². The molecule has 0 bridgehead atoms. The number of fused-ring (bicyclic) bond motifs is 1. The number of carbonyl (C=O) groups is 1. The molecule has 0 unspecified atom stereocenters. The summed E-state index contributed by atoms with van der Waals surface area (Å²) in [6.07, 6.45) is 0.172. The molecule has 0 radical (unpaired) electrons. The van der Waals surface area contributed by atoms with E-state index in [9.17, 15) is 9.18 Å². The Morgan fingerprint density at radius 2 is 1.93 bits per heavy atom. The minimum absolute atomic E-state index is 0.153. The number of amides is 1. The lowest BCUT2D eigenvalue weighted by molar-refractivity contribution is -0.115. The predicted octanol–water partition coefficient (Wildman–Crippen LogP) is 5.36. The number of carbonyl (C=O) groups excluding carboxylic acids is 1. The number of hydrogen-bond donors (Lipinski definition) is 1. The maximum atomic E-state index is 13.0. The summed E-state index contributed by atoms with van der Waals surface area (Å²) in [7, 11) is 0. The van der Waals surface area contributed by atoms with Crippen molar-refractivity contribution in [2.75, 3.05) is 5.32 Å². The third-order valence-electron chi connectivity index (χ3n) is 4.06. The highest BCUT2D eigenvalue weighted by Gasteiger charge is 2.13. The summed E-state index contributed by atoms with van der Waals surface area (Å²) >= 11 is 2.91.